The van der Waals surface area contributed by atoms with Gasteiger partial charge in [-0.3, -0.25) is 0 Å². The quantitative estimate of drug-likeness (QED) is 0.385. The first kappa shape index (κ1) is 15.7. The van der Waals surface area contributed by atoms with E-state index in [1.54, 1.807) is 0 Å². The van der Waals surface area contributed by atoms with Crippen LogP contribution in [0.4, 0.5) is 4.39 Å². The molecule has 6 heteroatoms. The number of fused-ring (bicyclic) bond motifs is 3. The first-order valence-electron chi connectivity index (χ1n) is 7.59. The van der Waals surface area contributed by atoms with E-state index in [2.05, 4.69) is 9.97 Å². The molecule has 0 fully saturated rings. The minimum absolute atomic E-state index is 0.390. The Morgan fingerprint density at radius 3 is 2.65 bits per heavy atom. The predicted molar refractivity (Wildman–Crippen MR) is 92.4 cm³/mol. The van der Waals surface area contributed by atoms with Crippen LogP contribution < -0.4 is 0 Å². The van der Waals surface area contributed by atoms with Crippen LogP contribution in [0.15, 0.2) is 23.4 Å². The maximum atomic E-state index is 15.6. The highest BCUT2D eigenvalue weighted by atomic mass is 35.5. The van der Waals surface area contributed by atoms with Crippen molar-refractivity contribution in [3.8, 4) is 0 Å². The third-order valence-electron chi connectivity index (χ3n) is 5.17. The lowest BCUT2D eigenvalue weighted by Gasteiger charge is -2.38. The number of hydrogen-bond donors (Lipinski definition) is 0. The molecule has 0 N–H and O–H groups in total. The lowest BCUT2D eigenvalue weighted by Crippen LogP contribution is -2.35. The lowest BCUT2D eigenvalue weighted by atomic mass is 9.68. The predicted octanol–water partition coefficient (Wildman–Crippen LogP) is 5.35. The SMILES string of the molecule is CSc1nc(Cl)c2c(n1)[C@H](F)C1(CCc3c(Cl)cccc31)CC2. The van der Waals surface area contributed by atoms with Crippen LogP contribution in [0.2, 0.25) is 10.2 Å². The molecule has 2 aliphatic carbocycles. The Kier molecular flexibility index (Phi) is 3.82. The molecule has 2 nitrogen and oxygen atoms in total. The summed E-state index contributed by atoms with van der Waals surface area (Å²) in [5.41, 5.74) is 2.83. The molecule has 1 unspecified atom stereocenters. The normalized spacial score (nSPS) is 25.5. The van der Waals surface area contributed by atoms with Crippen LogP contribution in [0, 0.1) is 0 Å². The number of rotatable bonds is 1. The first-order valence-corrected chi connectivity index (χ1v) is 9.57. The van der Waals surface area contributed by atoms with Crippen molar-refractivity contribution in [1.82, 2.24) is 9.97 Å². The van der Waals surface area contributed by atoms with Crippen molar-refractivity contribution < 1.29 is 4.39 Å². The van der Waals surface area contributed by atoms with Crippen molar-refractivity contribution in [3.05, 3.63) is 50.8 Å². The van der Waals surface area contributed by atoms with Gasteiger partial charge in [0.05, 0.1) is 5.69 Å². The van der Waals surface area contributed by atoms with Crippen LogP contribution in [0.25, 0.3) is 0 Å². The molecule has 4 rings (SSSR count). The summed E-state index contributed by atoms with van der Waals surface area (Å²) in [5, 5.41) is 1.65. The minimum Gasteiger partial charge on any atom is -0.240 e. The van der Waals surface area contributed by atoms with Crippen LogP contribution >= 0.6 is 35.0 Å². The summed E-state index contributed by atoms with van der Waals surface area (Å²) in [4.78, 5) is 8.69. The van der Waals surface area contributed by atoms with Crippen LogP contribution in [0.5, 0.6) is 0 Å². The van der Waals surface area contributed by atoms with Crippen molar-refractivity contribution >= 4 is 35.0 Å². The third-order valence-corrected chi connectivity index (χ3v) is 6.39. The molecule has 120 valence electrons. The van der Waals surface area contributed by atoms with Gasteiger partial charge in [-0.05, 0) is 49.1 Å². The van der Waals surface area contributed by atoms with Crippen LogP contribution in [-0.2, 0) is 18.3 Å². The van der Waals surface area contributed by atoms with Gasteiger partial charge in [0.15, 0.2) is 11.3 Å². The highest BCUT2D eigenvalue weighted by Crippen LogP contribution is 2.56. The zero-order valence-corrected chi connectivity index (χ0v) is 14.9. The topological polar surface area (TPSA) is 25.8 Å². The fourth-order valence-corrected chi connectivity index (χ4v) is 4.97. The molecule has 1 spiro atoms. The zero-order chi connectivity index (χ0) is 16.2. The van der Waals surface area contributed by atoms with E-state index >= 15 is 4.39 Å². The van der Waals surface area contributed by atoms with Gasteiger partial charge in [-0.25, -0.2) is 14.4 Å². The molecule has 1 aromatic carbocycles. The molecule has 1 aromatic heterocycles. The van der Waals surface area contributed by atoms with Crippen molar-refractivity contribution in [2.24, 2.45) is 0 Å². The monoisotopic (exact) mass is 368 g/mol. The minimum atomic E-state index is -1.17. The summed E-state index contributed by atoms with van der Waals surface area (Å²) in [6.45, 7) is 0. The van der Waals surface area contributed by atoms with Crippen LogP contribution in [0.3, 0.4) is 0 Å². The van der Waals surface area contributed by atoms with Gasteiger partial charge in [0.2, 0.25) is 0 Å². The lowest BCUT2D eigenvalue weighted by molar-refractivity contribution is 0.154. The standard InChI is InChI=1S/C17H15Cl2FN2S/c1-23-16-21-13-10(15(19)22-16)6-8-17(14(13)20)7-5-9-11(17)3-2-4-12(9)18/h2-4,14H,5-8H2,1H3/t14-,17?/m0/s1. The molecule has 23 heavy (non-hydrogen) atoms. The zero-order valence-electron chi connectivity index (χ0n) is 12.6. The van der Waals surface area contributed by atoms with Crippen LogP contribution in [0.1, 0.15) is 41.4 Å². The van der Waals surface area contributed by atoms with Gasteiger partial charge < -0.3 is 0 Å². The molecule has 0 radical (unpaired) electrons. The van der Waals surface area contributed by atoms with E-state index in [1.807, 2.05) is 24.5 Å². The number of thioether (sulfide) groups is 1. The van der Waals surface area contributed by atoms with Gasteiger partial charge in [-0.1, -0.05) is 47.1 Å². The Morgan fingerprint density at radius 2 is 1.91 bits per heavy atom. The van der Waals surface area contributed by atoms with E-state index in [-0.39, 0.29) is 0 Å². The second-order valence-electron chi connectivity index (χ2n) is 6.15. The van der Waals surface area contributed by atoms with Gasteiger partial charge in [-0.15, -0.1) is 0 Å². The summed E-state index contributed by atoms with van der Waals surface area (Å²) in [6, 6.07) is 5.81. The van der Waals surface area contributed by atoms with Crippen molar-refractivity contribution in [1.29, 1.82) is 0 Å². The Hall–Kier alpha value is -0.840. The highest BCUT2D eigenvalue weighted by Gasteiger charge is 2.50. The largest absolute Gasteiger partial charge is 0.240 e. The average Bonchev–Trinajstić information content (AvgIpc) is 2.92. The first-order chi connectivity index (χ1) is 11.1. The summed E-state index contributed by atoms with van der Waals surface area (Å²) in [7, 11) is 0. The van der Waals surface area contributed by atoms with Gasteiger partial charge >= 0.3 is 0 Å². The van der Waals surface area contributed by atoms with E-state index in [4.69, 9.17) is 23.2 Å². The van der Waals surface area contributed by atoms with E-state index in [9.17, 15) is 0 Å². The second kappa shape index (κ2) is 5.61. The Bertz CT molecular complexity index is 798. The number of nitrogens with zero attached hydrogens (tertiary/aromatic N) is 2. The molecule has 0 bridgehead atoms. The molecular formula is C17H15Cl2FN2S. The molecule has 1 heterocycles. The molecular weight excluding hydrogens is 354 g/mol. The van der Waals surface area contributed by atoms with Gasteiger partial charge in [0, 0.05) is 16.0 Å². The van der Waals surface area contributed by atoms with Crippen molar-refractivity contribution in [2.75, 3.05) is 6.26 Å². The Labute approximate surface area is 148 Å². The van der Waals surface area contributed by atoms with Crippen LogP contribution in [-0.4, -0.2) is 16.2 Å². The molecule has 2 atom stereocenters. The van der Waals surface area contributed by atoms with E-state index < -0.39 is 11.6 Å². The van der Waals surface area contributed by atoms with Gasteiger partial charge in [0.1, 0.15) is 5.15 Å². The molecule has 2 aromatic rings. The van der Waals surface area contributed by atoms with E-state index in [1.165, 1.54) is 11.8 Å². The average molecular weight is 369 g/mol. The number of alkyl halides is 1. The molecule has 0 aliphatic heterocycles. The fraction of sp³-hybridized carbons (Fsp3) is 0.412. The molecule has 0 saturated heterocycles. The summed E-state index contributed by atoms with van der Waals surface area (Å²) in [5.74, 6) is 0. The molecule has 0 saturated carbocycles. The van der Waals surface area contributed by atoms with Crippen molar-refractivity contribution in [2.45, 2.75) is 42.4 Å². The highest BCUT2D eigenvalue weighted by molar-refractivity contribution is 7.98. The van der Waals surface area contributed by atoms with Gasteiger partial charge in [-0.2, -0.15) is 0 Å². The van der Waals surface area contributed by atoms with Crippen molar-refractivity contribution in [3.63, 3.8) is 0 Å². The van der Waals surface area contributed by atoms with Gasteiger partial charge in [0.25, 0.3) is 0 Å². The third kappa shape index (κ3) is 2.22. The maximum Gasteiger partial charge on any atom is 0.189 e. The number of hydrogen-bond acceptors (Lipinski definition) is 3. The van der Waals surface area contributed by atoms with E-state index in [0.717, 1.165) is 41.0 Å². The smallest absolute Gasteiger partial charge is 0.189 e. The fourth-order valence-electron chi connectivity index (χ4n) is 4.01. The maximum absolute atomic E-state index is 15.6. The second-order valence-corrected chi connectivity index (χ2v) is 7.69. The summed E-state index contributed by atoms with van der Waals surface area (Å²) in [6.07, 6.45) is 3.71. The van der Waals surface area contributed by atoms with E-state index in [0.29, 0.717) is 22.4 Å². The summed E-state index contributed by atoms with van der Waals surface area (Å²) < 4.78 is 15.6. The molecule has 0 amide bonds. The number of halogens is 3. The Morgan fingerprint density at radius 1 is 1.17 bits per heavy atom. The Balaban J connectivity index is 1.87. The summed E-state index contributed by atoms with van der Waals surface area (Å²) >= 11 is 14.0. The number of benzene rings is 1. The number of aromatic nitrogens is 2. The molecule has 2 aliphatic rings.